The molecule has 1 fully saturated rings. The van der Waals surface area contributed by atoms with Gasteiger partial charge in [0, 0.05) is 17.1 Å². The highest BCUT2D eigenvalue weighted by Gasteiger charge is 2.15. The summed E-state index contributed by atoms with van der Waals surface area (Å²) >= 11 is 1.79. The van der Waals surface area contributed by atoms with Gasteiger partial charge in [-0.15, -0.1) is 0 Å². The molecule has 1 unspecified atom stereocenters. The van der Waals surface area contributed by atoms with Crippen LogP contribution in [0.3, 0.4) is 0 Å². The van der Waals surface area contributed by atoms with Crippen molar-refractivity contribution in [2.24, 2.45) is 5.92 Å². The lowest BCUT2D eigenvalue weighted by Crippen LogP contribution is -2.10. The molecular formula is C12H19N3S. The van der Waals surface area contributed by atoms with E-state index >= 15 is 0 Å². The van der Waals surface area contributed by atoms with Crippen molar-refractivity contribution in [3.8, 4) is 0 Å². The summed E-state index contributed by atoms with van der Waals surface area (Å²) in [6.45, 7) is 8.52. The van der Waals surface area contributed by atoms with Gasteiger partial charge < -0.3 is 5.32 Å². The van der Waals surface area contributed by atoms with Crippen LogP contribution in [0.15, 0.2) is 5.16 Å². The number of hydrogen-bond acceptors (Lipinski definition) is 4. The zero-order valence-corrected chi connectivity index (χ0v) is 11.0. The van der Waals surface area contributed by atoms with Crippen LogP contribution in [0.25, 0.3) is 0 Å². The van der Waals surface area contributed by atoms with Gasteiger partial charge in [0.05, 0.1) is 0 Å². The van der Waals surface area contributed by atoms with Crippen molar-refractivity contribution < 1.29 is 0 Å². The van der Waals surface area contributed by atoms with Gasteiger partial charge >= 0.3 is 0 Å². The summed E-state index contributed by atoms with van der Waals surface area (Å²) in [5.41, 5.74) is 3.44. The van der Waals surface area contributed by atoms with Crippen molar-refractivity contribution in [3.63, 3.8) is 0 Å². The van der Waals surface area contributed by atoms with E-state index in [-0.39, 0.29) is 0 Å². The largest absolute Gasteiger partial charge is 0.316 e. The third-order valence-corrected chi connectivity index (χ3v) is 4.30. The van der Waals surface area contributed by atoms with Crippen molar-refractivity contribution in [2.45, 2.75) is 32.3 Å². The third kappa shape index (κ3) is 2.74. The fraction of sp³-hybridized carbons (Fsp3) is 0.667. The molecule has 0 bridgehead atoms. The van der Waals surface area contributed by atoms with Gasteiger partial charge in [-0.3, -0.25) is 0 Å². The maximum Gasteiger partial charge on any atom is 0.188 e. The molecule has 1 atom stereocenters. The Morgan fingerprint density at radius 2 is 1.94 bits per heavy atom. The maximum absolute atomic E-state index is 4.53. The summed E-state index contributed by atoms with van der Waals surface area (Å²) in [6, 6.07) is 0. The summed E-state index contributed by atoms with van der Waals surface area (Å²) in [5.74, 6) is 1.92. The first-order chi connectivity index (χ1) is 7.66. The van der Waals surface area contributed by atoms with Crippen molar-refractivity contribution >= 4 is 11.8 Å². The Morgan fingerprint density at radius 3 is 2.50 bits per heavy atom. The lowest BCUT2D eigenvalue weighted by atomic mass is 10.2. The first-order valence-corrected chi connectivity index (χ1v) is 6.80. The van der Waals surface area contributed by atoms with E-state index in [1.54, 1.807) is 11.8 Å². The quantitative estimate of drug-likeness (QED) is 0.645. The Bertz CT molecular complexity index is 350. The maximum atomic E-state index is 4.53. The Balaban J connectivity index is 1.98. The molecule has 0 radical (unpaired) electrons. The lowest BCUT2D eigenvalue weighted by Gasteiger charge is -2.09. The van der Waals surface area contributed by atoms with Crippen LogP contribution in [0.4, 0.5) is 0 Å². The second-order valence-corrected chi connectivity index (χ2v) is 5.46. The minimum atomic E-state index is 0.788. The number of thioether (sulfide) groups is 1. The molecule has 1 aromatic heterocycles. The zero-order valence-electron chi connectivity index (χ0n) is 10.2. The second kappa shape index (κ2) is 5.15. The van der Waals surface area contributed by atoms with Gasteiger partial charge in [0.1, 0.15) is 0 Å². The standard InChI is InChI=1S/C12H19N3S/c1-8-9(2)14-12(15-10(8)3)16-7-11-4-5-13-6-11/h11,13H,4-7H2,1-3H3. The van der Waals surface area contributed by atoms with E-state index in [1.807, 2.05) is 0 Å². The van der Waals surface area contributed by atoms with Crippen LogP contribution < -0.4 is 5.32 Å². The Labute approximate surface area is 101 Å². The monoisotopic (exact) mass is 237 g/mol. The average Bonchev–Trinajstić information content (AvgIpc) is 2.75. The van der Waals surface area contributed by atoms with Crippen molar-refractivity contribution in [3.05, 3.63) is 17.0 Å². The number of aromatic nitrogens is 2. The number of hydrogen-bond donors (Lipinski definition) is 1. The minimum absolute atomic E-state index is 0.788. The van der Waals surface area contributed by atoms with Gasteiger partial charge in [-0.1, -0.05) is 11.8 Å². The van der Waals surface area contributed by atoms with Crippen LogP contribution in [-0.4, -0.2) is 28.8 Å². The molecule has 4 heteroatoms. The van der Waals surface area contributed by atoms with Crippen LogP contribution >= 0.6 is 11.8 Å². The molecule has 88 valence electrons. The van der Waals surface area contributed by atoms with Crippen molar-refractivity contribution in [1.82, 2.24) is 15.3 Å². The summed E-state index contributed by atoms with van der Waals surface area (Å²) in [6.07, 6.45) is 1.29. The van der Waals surface area contributed by atoms with Gasteiger partial charge in [-0.2, -0.15) is 0 Å². The molecule has 0 saturated carbocycles. The number of rotatable bonds is 3. The normalized spacial score (nSPS) is 20.3. The predicted octanol–water partition coefficient (Wildman–Crippen LogP) is 2.10. The highest BCUT2D eigenvalue weighted by molar-refractivity contribution is 7.99. The van der Waals surface area contributed by atoms with Crippen molar-refractivity contribution in [1.29, 1.82) is 0 Å². The molecule has 2 rings (SSSR count). The Morgan fingerprint density at radius 1 is 1.25 bits per heavy atom. The van der Waals surface area contributed by atoms with Crippen LogP contribution in [0.2, 0.25) is 0 Å². The zero-order chi connectivity index (χ0) is 11.5. The molecule has 1 aliphatic rings. The number of aryl methyl sites for hydroxylation is 2. The second-order valence-electron chi connectivity index (χ2n) is 4.47. The highest BCUT2D eigenvalue weighted by atomic mass is 32.2. The molecule has 1 aliphatic heterocycles. The number of nitrogens with zero attached hydrogens (tertiary/aromatic N) is 2. The highest BCUT2D eigenvalue weighted by Crippen LogP contribution is 2.22. The topological polar surface area (TPSA) is 37.8 Å². The SMILES string of the molecule is Cc1nc(SCC2CCNC2)nc(C)c1C. The third-order valence-electron chi connectivity index (χ3n) is 3.22. The van der Waals surface area contributed by atoms with E-state index in [2.05, 4.69) is 36.1 Å². The van der Waals surface area contributed by atoms with E-state index in [9.17, 15) is 0 Å². The smallest absolute Gasteiger partial charge is 0.188 e. The molecule has 0 amide bonds. The molecule has 0 spiro atoms. The molecule has 1 aromatic rings. The Hall–Kier alpha value is -0.610. The van der Waals surface area contributed by atoms with Crippen molar-refractivity contribution in [2.75, 3.05) is 18.8 Å². The summed E-state index contributed by atoms with van der Waals surface area (Å²) in [5, 5.41) is 4.32. The summed E-state index contributed by atoms with van der Waals surface area (Å²) in [4.78, 5) is 9.05. The van der Waals surface area contributed by atoms with Gasteiger partial charge in [-0.05, 0) is 51.8 Å². The van der Waals surface area contributed by atoms with Gasteiger partial charge in [0.15, 0.2) is 5.16 Å². The van der Waals surface area contributed by atoms with Gasteiger partial charge in [0.25, 0.3) is 0 Å². The molecule has 0 aromatic carbocycles. The van der Waals surface area contributed by atoms with E-state index < -0.39 is 0 Å². The molecule has 16 heavy (non-hydrogen) atoms. The predicted molar refractivity (Wildman–Crippen MR) is 67.9 cm³/mol. The first-order valence-electron chi connectivity index (χ1n) is 5.82. The average molecular weight is 237 g/mol. The van der Waals surface area contributed by atoms with Gasteiger partial charge in [0.2, 0.25) is 0 Å². The van der Waals surface area contributed by atoms with Crippen LogP contribution in [0.5, 0.6) is 0 Å². The minimum Gasteiger partial charge on any atom is -0.316 e. The first kappa shape index (κ1) is 11.9. The van der Waals surface area contributed by atoms with Gasteiger partial charge in [-0.25, -0.2) is 9.97 Å². The van der Waals surface area contributed by atoms with E-state index in [0.29, 0.717) is 0 Å². The fourth-order valence-electron chi connectivity index (χ4n) is 1.86. The van der Waals surface area contributed by atoms with E-state index in [1.165, 1.54) is 12.0 Å². The van der Waals surface area contributed by atoms with Crippen LogP contribution in [-0.2, 0) is 0 Å². The summed E-state index contributed by atoms with van der Waals surface area (Å²) in [7, 11) is 0. The van der Waals surface area contributed by atoms with Crippen LogP contribution in [0.1, 0.15) is 23.4 Å². The molecule has 2 heterocycles. The van der Waals surface area contributed by atoms with E-state index in [4.69, 9.17) is 0 Å². The van der Waals surface area contributed by atoms with Crippen LogP contribution in [0, 0.1) is 26.7 Å². The summed E-state index contributed by atoms with van der Waals surface area (Å²) < 4.78 is 0. The molecule has 1 N–H and O–H groups in total. The lowest BCUT2D eigenvalue weighted by molar-refractivity contribution is 0.661. The van der Waals surface area contributed by atoms with E-state index in [0.717, 1.165) is 41.3 Å². The molecule has 0 aliphatic carbocycles. The number of nitrogens with one attached hydrogen (secondary N) is 1. The molecular weight excluding hydrogens is 218 g/mol. The fourth-order valence-corrected chi connectivity index (χ4v) is 2.93. The molecule has 3 nitrogen and oxygen atoms in total. The molecule has 1 saturated heterocycles. The Kier molecular flexibility index (Phi) is 3.82.